The third kappa shape index (κ3) is 2.96. The van der Waals surface area contributed by atoms with Crippen LogP contribution in [-0.4, -0.2) is 31.1 Å². The van der Waals surface area contributed by atoms with Gasteiger partial charge in [-0.15, -0.1) is 0 Å². The molecule has 0 saturated heterocycles. The van der Waals surface area contributed by atoms with Gasteiger partial charge in [0.15, 0.2) is 11.5 Å². The molecule has 3 N–H and O–H groups in total. The monoisotopic (exact) mass is 477 g/mol. The highest BCUT2D eigenvalue weighted by molar-refractivity contribution is 9.10. The molecule has 3 heterocycles. The second-order valence-corrected chi connectivity index (χ2v) is 8.99. The van der Waals surface area contributed by atoms with Gasteiger partial charge < -0.3 is 24.2 Å². The number of aromatic nitrogens is 3. The van der Waals surface area contributed by atoms with Gasteiger partial charge in [0.05, 0.1) is 29.1 Å². The van der Waals surface area contributed by atoms with Crippen molar-refractivity contribution in [3.63, 3.8) is 0 Å². The van der Waals surface area contributed by atoms with Crippen molar-refractivity contribution in [3.05, 3.63) is 57.0 Å². The number of aromatic amines is 1. The second kappa shape index (κ2) is 6.43. The van der Waals surface area contributed by atoms with Crippen LogP contribution in [0.15, 0.2) is 45.8 Å². The van der Waals surface area contributed by atoms with Crippen LogP contribution in [0.2, 0.25) is 0 Å². The minimum Gasteiger partial charge on any atom is -0.454 e. The van der Waals surface area contributed by atoms with E-state index in [9.17, 15) is 19.1 Å². The summed E-state index contributed by atoms with van der Waals surface area (Å²) in [6.07, 6.45) is 1.57. The van der Waals surface area contributed by atoms with Crippen LogP contribution in [0.25, 0.3) is 21.9 Å². The normalized spacial score (nSPS) is 13.5. The van der Waals surface area contributed by atoms with E-state index >= 15 is 0 Å². The number of benzene rings is 2. The van der Waals surface area contributed by atoms with E-state index < -0.39 is 7.60 Å². The molecule has 29 heavy (non-hydrogen) atoms. The molecule has 0 radical (unpaired) electrons. The lowest BCUT2D eigenvalue weighted by molar-refractivity contribution is 0.174. The molecular weight excluding hydrogens is 465 g/mol. The molecule has 0 spiro atoms. The van der Waals surface area contributed by atoms with Gasteiger partial charge in [-0.1, -0.05) is 6.07 Å². The van der Waals surface area contributed by atoms with Crippen molar-refractivity contribution in [3.8, 4) is 11.5 Å². The topological polar surface area (TPSA) is 127 Å². The summed E-state index contributed by atoms with van der Waals surface area (Å²) in [5, 5.41) is 0.630. The lowest BCUT2D eigenvalue weighted by Gasteiger charge is -2.10. The molecule has 0 saturated carbocycles. The Morgan fingerprint density at radius 1 is 1.24 bits per heavy atom. The van der Waals surface area contributed by atoms with Crippen LogP contribution in [0.3, 0.4) is 0 Å². The van der Waals surface area contributed by atoms with Crippen molar-refractivity contribution in [1.29, 1.82) is 0 Å². The Kier molecular flexibility index (Phi) is 4.08. The van der Waals surface area contributed by atoms with E-state index in [1.807, 2.05) is 6.07 Å². The van der Waals surface area contributed by atoms with Gasteiger partial charge in [-0.2, -0.15) is 0 Å². The van der Waals surface area contributed by atoms with E-state index in [2.05, 4.69) is 25.9 Å². The molecule has 2 aromatic carbocycles. The van der Waals surface area contributed by atoms with Crippen LogP contribution < -0.4 is 20.5 Å². The smallest absolute Gasteiger partial charge is 0.357 e. The van der Waals surface area contributed by atoms with Crippen molar-refractivity contribution in [2.45, 2.75) is 6.54 Å². The van der Waals surface area contributed by atoms with E-state index in [4.69, 9.17) is 9.47 Å². The summed E-state index contributed by atoms with van der Waals surface area (Å²) in [5.74, 6) is 1.14. The Bertz CT molecular complexity index is 1410. The quantitative estimate of drug-likeness (QED) is 0.386. The number of nitrogens with one attached hydrogen (secondary N) is 1. The van der Waals surface area contributed by atoms with Crippen molar-refractivity contribution in [2.75, 3.05) is 6.79 Å². The van der Waals surface area contributed by atoms with Crippen LogP contribution in [-0.2, 0) is 11.1 Å². The molecule has 5 rings (SSSR count). The van der Waals surface area contributed by atoms with Crippen LogP contribution in [0, 0.1) is 0 Å². The van der Waals surface area contributed by atoms with Crippen LogP contribution in [0.5, 0.6) is 11.5 Å². The molecular formula is C18H13BrN3O6P. The number of fused-ring (bicyclic) bond motifs is 5. The molecule has 0 aliphatic carbocycles. The number of pyridine rings is 1. The van der Waals surface area contributed by atoms with Gasteiger partial charge >= 0.3 is 13.3 Å². The zero-order valence-corrected chi connectivity index (χ0v) is 17.1. The number of imidazole rings is 1. The number of nitrogens with zero attached hydrogens (tertiary/aromatic N) is 2. The van der Waals surface area contributed by atoms with Gasteiger partial charge in [-0.3, -0.25) is 9.13 Å². The number of rotatable bonds is 3. The Balaban J connectivity index is 1.68. The maximum absolute atomic E-state index is 12.6. The first kappa shape index (κ1) is 18.4. The van der Waals surface area contributed by atoms with Crippen molar-refractivity contribution in [2.24, 2.45) is 0 Å². The van der Waals surface area contributed by atoms with E-state index in [1.54, 1.807) is 29.0 Å². The Morgan fingerprint density at radius 2 is 2.07 bits per heavy atom. The standard InChI is InChI=1S/C18H13BrN3O6P/c19-11-5-9(1-4-14(11)29(24,25)26)7-22-16-10-2-3-13-17(28-8-27-13)15(10)20-6-12(16)21-18(22)23/h1-6H,7-8H2,(H,21,23)(H2,24,25,26). The van der Waals surface area contributed by atoms with Gasteiger partial charge in [0.2, 0.25) is 6.79 Å². The number of hydrogen-bond acceptors (Lipinski definition) is 5. The molecule has 1 aliphatic heterocycles. The number of hydrogen-bond donors (Lipinski definition) is 3. The lowest BCUT2D eigenvalue weighted by atomic mass is 10.1. The summed E-state index contributed by atoms with van der Waals surface area (Å²) in [5.41, 5.74) is 2.21. The Morgan fingerprint density at radius 3 is 2.83 bits per heavy atom. The third-order valence-electron chi connectivity index (χ3n) is 4.77. The van der Waals surface area contributed by atoms with Crippen molar-refractivity contribution in [1.82, 2.24) is 14.5 Å². The minimum atomic E-state index is -4.39. The predicted octanol–water partition coefficient (Wildman–Crippen LogP) is 2.22. The highest BCUT2D eigenvalue weighted by Gasteiger charge is 2.22. The fraction of sp³-hybridized carbons (Fsp3) is 0.111. The first-order valence-corrected chi connectivity index (χ1v) is 10.9. The molecule has 148 valence electrons. The summed E-state index contributed by atoms with van der Waals surface area (Å²) >= 11 is 3.20. The Labute approximate surface area is 171 Å². The highest BCUT2D eigenvalue weighted by atomic mass is 79.9. The molecule has 1 aliphatic rings. The molecule has 9 nitrogen and oxygen atoms in total. The fourth-order valence-corrected chi connectivity index (χ4v) is 5.23. The molecule has 0 atom stereocenters. The maximum atomic E-state index is 12.6. The van der Waals surface area contributed by atoms with E-state index in [0.717, 1.165) is 5.39 Å². The SMILES string of the molecule is O=c1[nH]c2cnc3c4c(ccc3c2n1Cc1ccc(P(=O)(O)O)c(Br)c1)OCO4. The fourth-order valence-electron chi connectivity index (χ4n) is 3.50. The highest BCUT2D eigenvalue weighted by Crippen LogP contribution is 2.40. The maximum Gasteiger partial charge on any atom is 0.357 e. The number of ether oxygens (including phenoxy) is 2. The van der Waals surface area contributed by atoms with Crippen LogP contribution >= 0.6 is 23.5 Å². The third-order valence-corrected chi connectivity index (χ3v) is 6.75. The molecule has 0 fully saturated rings. The first-order valence-electron chi connectivity index (χ1n) is 8.47. The van der Waals surface area contributed by atoms with Gasteiger partial charge in [0.25, 0.3) is 0 Å². The Hall–Kier alpha value is -2.65. The summed E-state index contributed by atoms with van der Waals surface area (Å²) in [6, 6.07) is 8.14. The van der Waals surface area contributed by atoms with E-state index in [-0.39, 0.29) is 28.8 Å². The first-order chi connectivity index (χ1) is 13.8. The van der Waals surface area contributed by atoms with Gasteiger partial charge in [0, 0.05) is 9.86 Å². The largest absolute Gasteiger partial charge is 0.454 e. The molecule has 4 aromatic rings. The molecule has 2 aromatic heterocycles. The van der Waals surface area contributed by atoms with E-state index in [0.29, 0.717) is 33.6 Å². The molecule has 0 amide bonds. The number of halogens is 1. The average molecular weight is 478 g/mol. The lowest BCUT2D eigenvalue weighted by Crippen LogP contribution is -2.18. The summed E-state index contributed by atoms with van der Waals surface area (Å²) in [4.78, 5) is 38.6. The van der Waals surface area contributed by atoms with Crippen LogP contribution in [0.1, 0.15) is 5.56 Å². The zero-order chi connectivity index (χ0) is 20.3. The average Bonchev–Trinajstić information content (AvgIpc) is 3.25. The van der Waals surface area contributed by atoms with Gasteiger partial charge in [-0.25, -0.2) is 9.78 Å². The second-order valence-electron chi connectivity index (χ2n) is 6.56. The van der Waals surface area contributed by atoms with E-state index in [1.165, 1.54) is 6.07 Å². The molecule has 0 bridgehead atoms. The van der Waals surface area contributed by atoms with Gasteiger partial charge in [0.1, 0.15) is 5.52 Å². The predicted molar refractivity (Wildman–Crippen MR) is 109 cm³/mol. The molecule has 11 heteroatoms. The van der Waals surface area contributed by atoms with Crippen LogP contribution in [0.4, 0.5) is 0 Å². The zero-order valence-electron chi connectivity index (χ0n) is 14.6. The summed E-state index contributed by atoms with van der Waals surface area (Å²) < 4.78 is 24.3. The number of H-pyrrole nitrogens is 1. The summed E-state index contributed by atoms with van der Waals surface area (Å²) in [7, 11) is -4.39. The van der Waals surface area contributed by atoms with Crippen molar-refractivity contribution >= 4 is 50.8 Å². The van der Waals surface area contributed by atoms with Gasteiger partial charge in [-0.05, 0) is 45.8 Å². The minimum absolute atomic E-state index is 0.102. The summed E-state index contributed by atoms with van der Waals surface area (Å²) in [6.45, 7) is 0.320. The molecule has 0 unspecified atom stereocenters. The van der Waals surface area contributed by atoms with Crippen molar-refractivity contribution < 1.29 is 23.8 Å².